The summed E-state index contributed by atoms with van der Waals surface area (Å²) in [7, 11) is 0. The number of nitrogens with zero attached hydrogens (tertiary/aromatic N) is 8. The van der Waals surface area contributed by atoms with Crippen LogP contribution in [0.2, 0.25) is 0 Å². The Hall–Kier alpha value is -15.9. The molecule has 0 aliphatic rings. The van der Waals surface area contributed by atoms with Crippen molar-refractivity contribution in [3.05, 3.63) is 425 Å². The Balaban J connectivity index is 0.760. The maximum atomic E-state index is 5.44. The van der Waals surface area contributed by atoms with E-state index in [0.717, 1.165) is 145 Å². The van der Waals surface area contributed by atoms with Crippen LogP contribution in [0.5, 0.6) is 0 Å². The lowest BCUT2D eigenvalue weighted by atomic mass is 9.84. The van der Waals surface area contributed by atoms with Crippen molar-refractivity contribution in [3.8, 4) is 135 Å². The summed E-state index contributed by atoms with van der Waals surface area (Å²) >= 11 is 0. The van der Waals surface area contributed by atoms with E-state index in [0.29, 0.717) is 11.6 Å². The molecule has 6 heterocycles. The molecule has 0 saturated heterocycles. The number of rotatable bonds is 14. The largest absolute Gasteiger partial charge is 0.309 e. The summed E-state index contributed by atoms with van der Waals surface area (Å²) in [5.41, 5.74) is 30.9. The molecule has 8 heteroatoms. The summed E-state index contributed by atoms with van der Waals surface area (Å²) < 4.78 is 9.74. The van der Waals surface area contributed by atoms with Gasteiger partial charge in [-0.3, -0.25) is 0 Å². The maximum Gasteiger partial charge on any atom is 0.160 e. The molecule has 8 nitrogen and oxygen atoms in total. The molecule has 0 N–H and O–H groups in total. The van der Waals surface area contributed by atoms with Crippen LogP contribution in [0.1, 0.15) is 0 Å². The molecular weight excluding hydrogens is 1430 g/mol. The zero-order valence-electron chi connectivity index (χ0n) is 64.0. The zero-order chi connectivity index (χ0) is 77.7. The normalized spacial score (nSPS) is 11.7. The van der Waals surface area contributed by atoms with Gasteiger partial charge in [0, 0.05) is 99.2 Å². The van der Waals surface area contributed by atoms with Crippen molar-refractivity contribution < 1.29 is 0 Å². The molecule has 0 aliphatic heterocycles. The number of hydrogen-bond donors (Lipinski definition) is 0. The van der Waals surface area contributed by atoms with E-state index in [4.69, 9.17) is 19.9 Å². The van der Waals surface area contributed by atoms with Gasteiger partial charge >= 0.3 is 0 Å². The Kier molecular flexibility index (Phi) is 16.1. The Labute approximate surface area is 680 Å². The van der Waals surface area contributed by atoms with Gasteiger partial charge in [-0.15, -0.1) is 0 Å². The average molecular weight is 1500 g/mol. The van der Waals surface area contributed by atoms with E-state index in [1.54, 1.807) is 0 Å². The molecule has 0 aliphatic carbocycles. The van der Waals surface area contributed by atoms with Crippen molar-refractivity contribution in [2.24, 2.45) is 0 Å². The van der Waals surface area contributed by atoms with Gasteiger partial charge in [-0.05, 0) is 178 Å². The van der Waals surface area contributed by atoms with Crippen LogP contribution in [-0.2, 0) is 0 Å². The van der Waals surface area contributed by atoms with Gasteiger partial charge in [-0.1, -0.05) is 291 Å². The third-order valence-corrected chi connectivity index (χ3v) is 23.6. The fourth-order valence-electron chi connectivity index (χ4n) is 18.2. The van der Waals surface area contributed by atoms with Crippen molar-refractivity contribution in [1.82, 2.24) is 38.2 Å². The van der Waals surface area contributed by atoms with Gasteiger partial charge in [0.05, 0.1) is 66.9 Å². The molecule has 0 atom stereocenters. The number of fused-ring (bicyclic) bond motifs is 12. The Morgan fingerprint density at radius 1 is 0.136 bits per heavy atom. The molecule has 6 aromatic heterocycles. The van der Waals surface area contributed by atoms with Gasteiger partial charge in [0.15, 0.2) is 11.6 Å². The van der Waals surface area contributed by atoms with E-state index in [1.165, 1.54) is 65.2 Å². The Bertz CT molecular complexity index is 7240. The Morgan fingerprint density at radius 2 is 0.364 bits per heavy atom. The highest BCUT2D eigenvalue weighted by Gasteiger charge is 2.25. The fraction of sp³-hybridized carbons (Fsp3) is 0. The SMILES string of the molecule is c1ccc(-c2cc(-c3cccc(-c4cc(-c5cccc(-n6c7ccccc7c7cc(-n8c9ccccc9c9ccccc98)ccc76)c5)c(-c5cccc(-c6cc(-c7ccccc7)nc(-c7ccccc7)n6)c5)cc4-c4cccc(-n5c6ccccc6c6cc(-n7c8ccccc8c8ccccc87)ccc65)c4)c3)nc(-c3ccccc3)n2)cc1. The van der Waals surface area contributed by atoms with E-state index in [1.807, 2.05) is 12.1 Å². The summed E-state index contributed by atoms with van der Waals surface area (Å²) in [6.45, 7) is 0. The first-order valence-corrected chi connectivity index (χ1v) is 40.1. The molecule has 0 unspecified atom stereocenters. The topological polar surface area (TPSA) is 71.3 Å². The van der Waals surface area contributed by atoms with Crippen LogP contribution >= 0.6 is 0 Å². The van der Waals surface area contributed by atoms with Crippen molar-refractivity contribution >= 4 is 87.2 Å². The minimum absolute atomic E-state index is 0.656. The minimum Gasteiger partial charge on any atom is -0.309 e. The predicted molar refractivity (Wildman–Crippen MR) is 489 cm³/mol. The third kappa shape index (κ3) is 11.5. The molecule has 0 radical (unpaired) electrons. The van der Waals surface area contributed by atoms with E-state index < -0.39 is 0 Å². The molecule has 17 aromatic carbocycles. The molecular formula is C110H70N8. The van der Waals surface area contributed by atoms with Crippen molar-refractivity contribution in [2.75, 3.05) is 0 Å². The monoisotopic (exact) mass is 1500 g/mol. The van der Waals surface area contributed by atoms with E-state index in [-0.39, 0.29) is 0 Å². The van der Waals surface area contributed by atoms with Gasteiger partial charge in [0.25, 0.3) is 0 Å². The highest BCUT2D eigenvalue weighted by atomic mass is 15.0. The second-order valence-electron chi connectivity index (χ2n) is 30.4. The van der Waals surface area contributed by atoms with Crippen LogP contribution in [0.15, 0.2) is 425 Å². The van der Waals surface area contributed by atoms with Crippen LogP contribution in [0.3, 0.4) is 0 Å². The maximum absolute atomic E-state index is 5.44. The molecule has 118 heavy (non-hydrogen) atoms. The van der Waals surface area contributed by atoms with Gasteiger partial charge in [-0.2, -0.15) is 0 Å². The van der Waals surface area contributed by atoms with Crippen molar-refractivity contribution in [3.63, 3.8) is 0 Å². The molecule has 0 spiro atoms. The quantitative estimate of drug-likeness (QED) is 0.109. The standard InChI is InChI=1S/C110H70N8/c1-5-29-71(30-6-1)97-69-99(113-109(111-97)73-33-9-3-10-34-73)79-41-25-37-75(61-79)91-67-94(78-40-28-44-82(64-78)116-106-56-24-18-50-90(106)96-66-84(58-60-108(96)116)118-103-53-21-15-47-87(103)88-48-16-22-54-104(88)118)92(76-38-26-42-80(62-76)100-70-98(72-31-7-2-8-32-72)112-110(114-100)74-35-11-4-12-36-74)68-93(91)77-39-27-43-81(63-77)115-105-55-23-17-49-89(105)95-65-83(57-59-107(95)115)117-101-51-19-13-45-85(101)86-46-14-20-52-102(86)117/h1-70H. The summed E-state index contributed by atoms with van der Waals surface area (Å²) in [6.07, 6.45) is 0. The van der Waals surface area contributed by atoms with Crippen LogP contribution < -0.4 is 0 Å². The molecule has 0 fully saturated rings. The fourth-order valence-corrected chi connectivity index (χ4v) is 18.2. The lowest BCUT2D eigenvalue weighted by Gasteiger charge is -2.20. The van der Waals surface area contributed by atoms with Gasteiger partial charge in [0.2, 0.25) is 0 Å². The minimum atomic E-state index is 0.656. The van der Waals surface area contributed by atoms with E-state index >= 15 is 0 Å². The van der Waals surface area contributed by atoms with Crippen molar-refractivity contribution in [1.29, 1.82) is 0 Å². The number of hydrogen-bond acceptors (Lipinski definition) is 4. The molecule has 550 valence electrons. The van der Waals surface area contributed by atoms with Crippen LogP contribution in [-0.4, -0.2) is 38.2 Å². The summed E-state index contributed by atoms with van der Waals surface area (Å²) in [4.78, 5) is 21.4. The van der Waals surface area contributed by atoms with Gasteiger partial charge in [-0.25, -0.2) is 19.9 Å². The summed E-state index contributed by atoms with van der Waals surface area (Å²) in [5.74, 6) is 1.31. The lowest BCUT2D eigenvalue weighted by molar-refractivity contribution is 1.16. The predicted octanol–water partition coefficient (Wildman–Crippen LogP) is 28.3. The third-order valence-electron chi connectivity index (χ3n) is 23.6. The van der Waals surface area contributed by atoms with E-state index in [2.05, 4.69) is 431 Å². The van der Waals surface area contributed by atoms with Gasteiger partial charge in [0.1, 0.15) is 0 Å². The second-order valence-corrected chi connectivity index (χ2v) is 30.4. The zero-order valence-corrected chi connectivity index (χ0v) is 64.0. The first-order valence-electron chi connectivity index (χ1n) is 40.1. The van der Waals surface area contributed by atoms with Crippen LogP contribution in [0, 0.1) is 0 Å². The number of aromatic nitrogens is 8. The summed E-state index contributed by atoms with van der Waals surface area (Å²) in [5, 5.41) is 9.61. The summed E-state index contributed by atoms with van der Waals surface area (Å²) in [6, 6.07) is 154. The molecule has 0 saturated carbocycles. The number of benzene rings is 17. The highest BCUT2D eigenvalue weighted by molar-refractivity contribution is 6.15. The van der Waals surface area contributed by atoms with Crippen LogP contribution in [0.4, 0.5) is 0 Å². The smallest absolute Gasteiger partial charge is 0.160 e. The van der Waals surface area contributed by atoms with E-state index in [9.17, 15) is 0 Å². The van der Waals surface area contributed by atoms with Gasteiger partial charge < -0.3 is 18.3 Å². The molecule has 0 bridgehead atoms. The lowest BCUT2D eigenvalue weighted by Crippen LogP contribution is -1.98. The number of para-hydroxylation sites is 6. The second kappa shape index (κ2) is 28.0. The highest BCUT2D eigenvalue weighted by Crippen LogP contribution is 2.48. The average Bonchev–Trinajstić information content (AvgIpc) is 1.68. The molecule has 23 aromatic rings. The van der Waals surface area contributed by atoms with Crippen LogP contribution in [0.25, 0.3) is 222 Å². The Morgan fingerprint density at radius 3 is 0.686 bits per heavy atom. The van der Waals surface area contributed by atoms with Crippen molar-refractivity contribution in [2.45, 2.75) is 0 Å². The first-order chi connectivity index (χ1) is 58.5. The molecule has 0 amide bonds. The molecule has 23 rings (SSSR count). The first kappa shape index (κ1) is 67.8.